The maximum absolute atomic E-state index is 11.9. The number of carbonyl (C=O) groups excluding carboxylic acids is 1. The predicted octanol–water partition coefficient (Wildman–Crippen LogP) is 1.02. The zero-order chi connectivity index (χ0) is 12.8. The minimum Gasteiger partial charge on any atom is -0.450 e. The first-order valence-electron chi connectivity index (χ1n) is 5.58. The van der Waals surface area contributed by atoms with Gasteiger partial charge in [0.2, 0.25) is 0 Å². The van der Waals surface area contributed by atoms with Crippen molar-refractivity contribution in [3.8, 4) is 0 Å². The highest BCUT2D eigenvalue weighted by atomic mass is 16.8. The summed E-state index contributed by atoms with van der Waals surface area (Å²) in [6, 6.07) is 0. The summed E-state index contributed by atoms with van der Waals surface area (Å²) < 4.78 is 22.0. The van der Waals surface area contributed by atoms with Gasteiger partial charge in [-0.3, -0.25) is 0 Å². The van der Waals surface area contributed by atoms with E-state index >= 15 is 0 Å². The van der Waals surface area contributed by atoms with Gasteiger partial charge in [-0.1, -0.05) is 6.58 Å². The first-order valence-corrected chi connectivity index (χ1v) is 5.58. The molecular weight excluding hydrogens is 224 g/mol. The predicted molar refractivity (Wildman–Crippen MR) is 59.3 cm³/mol. The van der Waals surface area contributed by atoms with Crippen LogP contribution in [0.5, 0.6) is 0 Å². The van der Waals surface area contributed by atoms with Crippen LogP contribution in [0.2, 0.25) is 0 Å². The van der Waals surface area contributed by atoms with Gasteiger partial charge in [-0.2, -0.15) is 0 Å². The minimum absolute atomic E-state index is 0.426. The molecule has 5 nitrogen and oxygen atoms in total. The summed E-state index contributed by atoms with van der Waals surface area (Å²) in [4.78, 5) is 11.9. The zero-order valence-corrected chi connectivity index (χ0v) is 10.6. The van der Waals surface area contributed by atoms with E-state index in [0.29, 0.717) is 0 Å². The van der Waals surface area contributed by atoms with Gasteiger partial charge in [0.1, 0.15) is 12.2 Å². The highest BCUT2D eigenvalue weighted by molar-refractivity contribution is 5.78. The van der Waals surface area contributed by atoms with Gasteiger partial charge in [-0.25, -0.2) is 4.79 Å². The van der Waals surface area contributed by atoms with Gasteiger partial charge in [-0.15, -0.1) is 0 Å². The molecule has 2 saturated heterocycles. The SMILES string of the molecule is C=C[C@]1(C)OC(=O)[C@@H]2OC(C)(C)O[C@@H]2[C@H]1OC. The van der Waals surface area contributed by atoms with E-state index in [2.05, 4.69) is 6.58 Å². The Morgan fingerprint density at radius 1 is 1.35 bits per heavy atom. The zero-order valence-electron chi connectivity index (χ0n) is 10.6. The van der Waals surface area contributed by atoms with Crippen molar-refractivity contribution in [2.24, 2.45) is 0 Å². The van der Waals surface area contributed by atoms with Crippen LogP contribution in [0.3, 0.4) is 0 Å². The lowest BCUT2D eigenvalue weighted by molar-refractivity contribution is -0.203. The standard InChI is InChI=1S/C12H18O5/c1-6-12(4)9(14-5)7-8(10(13)17-12)16-11(2,3)15-7/h6-9H,1H2,2-5H3/t7-,8+,9+,12-/m0/s1. The number of esters is 1. The third-order valence-corrected chi connectivity index (χ3v) is 3.20. The number of rotatable bonds is 2. The van der Waals surface area contributed by atoms with Crippen molar-refractivity contribution in [1.82, 2.24) is 0 Å². The number of hydrogen-bond donors (Lipinski definition) is 0. The molecule has 2 aliphatic rings. The topological polar surface area (TPSA) is 54.0 Å². The molecule has 0 amide bonds. The van der Waals surface area contributed by atoms with Gasteiger partial charge in [0.15, 0.2) is 17.5 Å². The molecule has 2 rings (SSSR count). The third kappa shape index (κ3) is 1.88. The van der Waals surface area contributed by atoms with Crippen molar-refractivity contribution in [3.05, 3.63) is 12.7 Å². The molecule has 0 aromatic carbocycles. The lowest BCUT2D eigenvalue weighted by Gasteiger charge is -2.41. The second-order valence-corrected chi connectivity index (χ2v) is 4.99. The fraction of sp³-hybridized carbons (Fsp3) is 0.750. The Balaban J connectivity index is 2.34. The quantitative estimate of drug-likeness (QED) is 0.534. The van der Waals surface area contributed by atoms with Crippen molar-refractivity contribution in [2.45, 2.75) is 50.5 Å². The van der Waals surface area contributed by atoms with Crippen LogP contribution in [0.25, 0.3) is 0 Å². The number of ether oxygens (including phenoxy) is 4. The Bertz CT molecular complexity index is 351. The monoisotopic (exact) mass is 242 g/mol. The van der Waals surface area contributed by atoms with Crippen LogP contribution in [0.4, 0.5) is 0 Å². The summed E-state index contributed by atoms with van der Waals surface area (Å²) in [5.74, 6) is -1.24. The van der Waals surface area contributed by atoms with Gasteiger partial charge < -0.3 is 18.9 Å². The molecule has 0 saturated carbocycles. The maximum Gasteiger partial charge on any atom is 0.339 e. The van der Waals surface area contributed by atoms with Crippen molar-refractivity contribution >= 4 is 5.97 Å². The smallest absolute Gasteiger partial charge is 0.339 e. The van der Waals surface area contributed by atoms with Crippen LogP contribution in [-0.4, -0.2) is 42.8 Å². The molecule has 0 unspecified atom stereocenters. The van der Waals surface area contributed by atoms with Crippen LogP contribution >= 0.6 is 0 Å². The summed E-state index contributed by atoms with van der Waals surface area (Å²) in [5, 5.41) is 0. The van der Waals surface area contributed by atoms with Crippen LogP contribution in [0, 0.1) is 0 Å². The molecule has 2 heterocycles. The van der Waals surface area contributed by atoms with Crippen molar-refractivity contribution in [1.29, 1.82) is 0 Å². The summed E-state index contributed by atoms with van der Waals surface area (Å²) in [6.45, 7) is 8.95. The Morgan fingerprint density at radius 3 is 2.53 bits per heavy atom. The summed E-state index contributed by atoms with van der Waals surface area (Å²) in [7, 11) is 1.55. The average molecular weight is 242 g/mol. The van der Waals surface area contributed by atoms with E-state index in [4.69, 9.17) is 18.9 Å². The molecule has 2 fully saturated rings. The van der Waals surface area contributed by atoms with Crippen molar-refractivity contribution in [2.75, 3.05) is 7.11 Å². The van der Waals surface area contributed by atoms with E-state index in [0.717, 1.165) is 0 Å². The summed E-state index contributed by atoms with van der Waals surface area (Å²) in [5.41, 5.74) is -0.892. The molecule has 0 aromatic heterocycles. The fourth-order valence-electron chi connectivity index (χ4n) is 2.38. The largest absolute Gasteiger partial charge is 0.450 e. The molecular formula is C12H18O5. The lowest BCUT2D eigenvalue weighted by Crippen LogP contribution is -2.60. The van der Waals surface area contributed by atoms with E-state index in [-0.39, 0.29) is 0 Å². The Morgan fingerprint density at radius 2 is 2.00 bits per heavy atom. The second kappa shape index (κ2) is 3.80. The van der Waals surface area contributed by atoms with E-state index in [1.807, 2.05) is 0 Å². The number of fused-ring (bicyclic) bond motifs is 1. The fourth-order valence-corrected chi connectivity index (χ4v) is 2.38. The van der Waals surface area contributed by atoms with Gasteiger partial charge >= 0.3 is 5.97 Å². The molecule has 0 radical (unpaired) electrons. The summed E-state index contributed by atoms with van der Waals surface area (Å²) >= 11 is 0. The molecule has 0 aliphatic carbocycles. The molecule has 0 N–H and O–H groups in total. The minimum atomic E-state index is -0.892. The molecule has 17 heavy (non-hydrogen) atoms. The normalized spacial score (nSPS) is 44.0. The molecule has 2 aliphatic heterocycles. The second-order valence-electron chi connectivity index (χ2n) is 4.99. The van der Waals surface area contributed by atoms with Crippen molar-refractivity contribution in [3.63, 3.8) is 0 Å². The highest BCUT2D eigenvalue weighted by Crippen LogP contribution is 2.40. The van der Waals surface area contributed by atoms with Crippen LogP contribution in [-0.2, 0) is 23.7 Å². The first-order chi connectivity index (χ1) is 7.83. The first kappa shape index (κ1) is 12.5. The number of carbonyl (C=O) groups is 1. The number of hydrogen-bond acceptors (Lipinski definition) is 5. The average Bonchev–Trinajstić information content (AvgIpc) is 2.55. The van der Waals surface area contributed by atoms with Gasteiger partial charge in [0, 0.05) is 7.11 Å². The number of cyclic esters (lactones) is 1. The van der Waals surface area contributed by atoms with Gasteiger partial charge in [-0.05, 0) is 26.8 Å². The van der Waals surface area contributed by atoms with Gasteiger partial charge in [0.05, 0.1) is 0 Å². The molecule has 0 spiro atoms. The number of methoxy groups -OCH3 is 1. The van der Waals surface area contributed by atoms with E-state index in [1.54, 1.807) is 34.0 Å². The molecule has 5 heteroatoms. The Hall–Kier alpha value is -0.910. The molecule has 0 aromatic rings. The van der Waals surface area contributed by atoms with E-state index in [9.17, 15) is 4.79 Å². The Kier molecular flexibility index (Phi) is 2.80. The van der Waals surface area contributed by atoms with Crippen LogP contribution < -0.4 is 0 Å². The van der Waals surface area contributed by atoms with E-state index < -0.39 is 35.7 Å². The molecule has 96 valence electrons. The molecule has 0 bridgehead atoms. The van der Waals surface area contributed by atoms with Gasteiger partial charge in [0.25, 0.3) is 0 Å². The van der Waals surface area contributed by atoms with Crippen molar-refractivity contribution < 1.29 is 23.7 Å². The summed E-state index contributed by atoms with van der Waals surface area (Å²) in [6.07, 6.45) is -0.0732. The lowest BCUT2D eigenvalue weighted by atomic mass is 9.88. The van der Waals surface area contributed by atoms with Crippen LogP contribution in [0.15, 0.2) is 12.7 Å². The molecule has 4 atom stereocenters. The van der Waals surface area contributed by atoms with E-state index in [1.165, 1.54) is 0 Å². The third-order valence-electron chi connectivity index (χ3n) is 3.20. The maximum atomic E-state index is 11.9. The Labute approximate surface area is 101 Å². The highest BCUT2D eigenvalue weighted by Gasteiger charge is 2.59. The van der Waals surface area contributed by atoms with Crippen LogP contribution in [0.1, 0.15) is 20.8 Å².